The SMILES string of the molecule is O=C(O)CC1CCN(C(=O)c2ccccc2)CC1CCN1CCC(C(=O)O)CC1. The highest BCUT2D eigenvalue weighted by atomic mass is 16.4. The van der Waals surface area contributed by atoms with Crippen LogP contribution in [0.15, 0.2) is 30.3 Å². The van der Waals surface area contributed by atoms with Crippen molar-refractivity contribution in [1.29, 1.82) is 0 Å². The fraction of sp³-hybridized carbons (Fsp3) is 0.591. The molecule has 2 saturated heterocycles. The Balaban J connectivity index is 1.58. The lowest BCUT2D eigenvalue weighted by Crippen LogP contribution is -2.45. The highest BCUT2D eigenvalue weighted by molar-refractivity contribution is 5.94. The van der Waals surface area contributed by atoms with E-state index in [4.69, 9.17) is 5.11 Å². The van der Waals surface area contributed by atoms with E-state index in [1.54, 1.807) is 0 Å². The number of hydrogen-bond donors (Lipinski definition) is 2. The Morgan fingerprint density at radius 1 is 0.931 bits per heavy atom. The van der Waals surface area contributed by atoms with E-state index in [0.29, 0.717) is 37.9 Å². The van der Waals surface area contributed by atoms with Crippen LogP contribution in [0.3, 0.4) is 0 Å². The fourth-order valence-electron chi connectivity index (χ4n) is 4.60. The molecule has 0 saturated carbocycles. The largest absolute Gasteiger partial charge is 0.481 e. The smallest absolute Gasteiger partial charge is 0.306 e. The van der Waals surface area contributed by atoms with Crippen LogP contribution in [0.5, 0.6) is 0 Å². The number of benzene rings is 1. The van der Waals surface area contributed by atoms with Gasteiger partial charge >= 0.3 is 11.9 Å². The first-order chi connectivity index (χ1) is 13.9. The molecule has 0 radical (unpaired) electrons. The zero-order valence-corrected chi connectivity index (χ0v) is 16.7. The maximum Gasteiger partial charge on any atom is 0.306 e. The van der Waals surface area contributed by atoms with Gasteiger partial charge in [-0.3, -0.25) is 14.4 Å². The number of carbonyl (C=O) groups is 3. The summed E-state index contributed by atoms with van der Waals surface area (Å²) in [5.74, 6) is -1.53. The first kappa shape index (κ1) is 21.3. The van der Waals surface area contributed by atoms with E-state index < -0.39 is 11.9 Å². The molecule has 2 aliphatic rings. The van der Waals surface area contributed by atoms with E-state index in [1.165, 1.54) is 0 Å². The molecule has 2 aliphatic heterocycles. The summed E-state index contributed by atoms with van der Waals surface area (Å²) >= 11 is 0. The molecule has 0 aliphatic carbocycles. The molecule has 2 unspecified atom stereocenters. The van der Waals surface area contributed by atoms with Gasteiger partial charge in [-0.25, -0.2) is 0 Å². The first-order valence-corrected chi connectivity index (χ1v) is 10.5. The van der Waals surface area contributed by atoms with Crippen LogP contribution in [0.2, 0.25) is 0 Å². The second kappa shape index (κ2) is 9.87. The molecule has 2 heterocycles. The summed E-state index contributed by atoms with van der Waals surface area (Å²) in [7, 11) is 0. The number of piperidine rings is 2. The highest BCUT2D eigenvalue weighted by Crippen LogP contribution is 2.31. The first-order valence-electron chi connectivity index (χ1n) is 10.5. The van der Waals surface area contributed by atoms with Crippen molar-refractivity contribution in [2.75, 3.05) is 32.7 Å². The van der Waals surface area contributed by atoms with Gasteiger partial charge in [-0.2, -0.15) is 0 Å². The molecule has 7 nitrogen and oxygen atoms in total. The lowest BCUT2D eigenvalue weighted by Gasteiger charge is -2.39. The molecule has 2 atom stereocenters. The zero-order chi connectivity index (χ0) is 20.8. The van der Waals surface area contributed by atoms with Crippen molar-refractivity contribution < 1.29 is 24.6 Å². The molecule has 2 N–H and O–H groups in total. The highest BCUT2D eigenvalue weighted by Gasteiger charge is 2.33. The van der Waals surface area contributed by atoms with Crippen LogP contribution < -0.4 is 0 Å². The molecule has 0 aromatic heterocycles. The number of carboxylic acid groups (broad SMARTS) is 2. The minimum Gasteiger partial charge on any atom is -0.481 e. The van der Waals surface area contributed by atoms with E-state index in [0.717, 1.165) is 26.1 Å². The molecule has 7 heteroatoms. The fourth-order valence-corrected chi connectivity index (χ4v) is 4.60. The summed E-state index contributed by atoms with van der Waals surface area (Å²) < 4.78 is 0. The summed E-state index contributed by atoms with van der Waals surface area (Å²) in [4.78, 5) is 39.4. The molecular formula is C22H30N2O5. The number of aliphatic carboxylic acids is 2. The van der Waals surface area contributed by atoms with E-state index in [1.807, 2.05) is 35.2 Å². The molecule has 1 amide bonds. The van der Waals surface area contributed by atoms with Crippen LogP contribution in [0.4, 0.5) is 0 Å². The minimum absolute atomic E-state index is 0.00616. The van der Waals surface area contributed by atoms with E-state index in [9.17, 15) is 19.5 Å². The topological polar surface area (TPSA) is 98.2 Å². The minimum atomic E-state index is -0.787. The third-order valence-corrected chi connectivity index (χ3v) is 6.39. The second-order valence-electron chi connectivity index (χ2n) is 8.27. The van der Waals surface area contributed by atoms with E-state index in [-0.39, 0.29) is 30.1 Å². The van der Waals surface area contributed by atoms with Crippen molar-refractivity contribution in [2.45, 2.75) is 32.1 Å². The predicted octanol–water partition coefficient (Wildman–Crippen LogP) is 2.43. The van der Waals surface area contributed by atoms with E-state index in [2.05, 4.69) is 4.90 Å². The Morgan fingerprint density at radius 2 is 1.62 bits per heavy atom. The van der Waals surface area contributed by atoms with Crippen LogP contribution in [-0.2, 0) is 9.59 Å². The molecule has 3 rings (SSSR count). The number of amides is 1. The maximum absolute atomic E-state index is 12.8. The van der Waals surface area contributed by atoms with Crippen LogP contribution in [0, 0.1) is 17.8 Å². The Labute approximate surface area is 171 Å². The van der Waals surface area contributed by atoms with Gasteiger partial charge < -0.3 is 20.0 Å². The summed E-state index contributed by atoms with van der Waals surface area (Å²) in [5, 5.41) is 18.4. The van der Waals surface area contributed by atoms with Crippen LogP contribution in [0.25, 0.3) is 0 Å². The van der Waals surface area contributed by atoms with Gasteiger partial charge in [0.2, 0.25) is 0 Å². The van der Waals surface area contributed by atoms with Gasteiger partial charge in [-0.05, 0) is 69.3 Å². The molecule has 1 aromatic rings. The Hall–Kier alpha value is -2.41. The van der Waals surface area contributed by atoms with Crippen molar-refractivity contribution in [3.05, 3.63) is 35.9 Å². The van der Waals surface area contributed by atoms with Crippen molar-refractivity contribution in [3.63, 3.8) is 0 Å². The lowest BCUT2D eigenvalue weighted by atomic mass is 9.80. The monoisotopic (exact) mass is 402 g/mol. The van der Waals surface area contributed by atoms with Gasteiger partial charge in [0.15, 0.2) is 0 Å². The molecule has 0 bridgehead atoms. The van der Waals surface area contributed by atoms with Gasteiger partial charge in [0.1, 0.15) is 0 Å². The average Bonchev–Trinajstić information content (AvgIpc) is 2.73. The van der Waals surface area contributed by atoms with Crippen molar-refractivity contribution >= 4 is 17.8 Å². The Morgan fingerprint density at radius 3 is 2.24 bits per heavy atom. The third-order valence-electron chi connectivity index (χ3n) is 6.39. The van der Waals surface area contributed by atoms with Gasteiger partial charge in [-0.1, -0.05) is 18.2 Å². The average molecular weight is 402 g/mol. The molecule has 2 fully saturated rings. The second-order valence-corrected chi connectivity index (χ2v) is 8.27. The number of likely N-dealkylation sites (tertiary alicyclic amines) is 2. The van der Waals surface area contributed by atoms with Crippen molar-refractivity contribution in [1.82, 2.24) is 9.80 Å². The standard InChI is InChI=1S/C22H30N2O5/c25-20(26)14-18-9-13-24(21(27)16-4-2-1-3-5-16)15-19(18)8-12-23-10-6-17(7-11-23)22(28)29/h1-5,17-19H,6-15H2,(H,25,26)(H,28,29). The lowest BCUT2D eigenvalue weighted by molar-refractivity contribution is -0.143. The number of carbonyl (C=O) groups excluding carboxylic acids is 1. The van der Waals surface area contributed by atoms with Crippen molar-refractivity contribution in [2.24, 2.45) is 17.8 Å². The maximum atomic E-state index is 12.8. The number of nitrogens with zero attached hydrogens (tertiary/aromatic N) is 2. The Kier molecular flexibility index (Phi) is 7.25. The van der Waals surface area contributed by atoms with E-state index >= 15 is 0 Å². The molecular weight excluding hydrogens is 372 g/mol. The Bertz CT molecular complexity index is 715. The van der Waals surface area contributed by atoms with Crippen molar-refractivity contribution in [3.8, 4) is 0 Å². The third kappa shape index (κ3) is 5.79. The normalized spacial score (nSPS) is 23.7. The zero-order valence-electron chi connectivity index (χ0n) is 16.7. The van der Waals surface area contributed by atoms with Crippen LogP contribution in [-0.4, -0.2) is 70.6 Å². The van der Waals surface area contributed by atoms with Crippen LogP contribution in [0.1, 0.15) is 42.5 Å². The van der Waals surface area contributed by atoms with Gasteiger partial charge in [0.05, 0.1) is 5.92 Å². The van der Waals surface area contributed by atoms with Gasteiger partial charge in [0.25, 0.3) is 5.91 Å². The predicted molar refractivity (Wildman–Crippen MR) is 108 cm³/mol. The van der Waals surface area contributed by atoms with Crippen LogP contribution >= 0.6 is 0 Å². The van der Waals surface area contributed by atoms with Gasteiger partial charge in [-0.15, -0.1) is 0 Å². The summed E-state index contributed by atoms with van der Waals surface area (Å²) in [6.45, 7) is 3.52. The quantitative estimate of drug-likeness (QED) is 0.727. The molecule has 29 heavy (non-hydrogen) atoms. The summed E-state index contributed by atoms with van der Waals surface area (Å²) in [5.41, 5.74) is 0.665. The molecule has 158 valence electrons. The molecule has 0 spiro atoms. The summed E-state index contributed by atoms with van der Waals surface area (Å²) in [6.07, 6.45) is 3.00. The number of rotatable bonds is 7. The van der Waals surface area contributed by atoms with Gasteiger partial charge in [0, 0.05) is 25.1 Å². The molecule has 1 aromatic carbocycles. The summed E-state index contributed by atoms with van der Waals surface area (Å²) in [6, 6.07) is 9.21. The number of hydrogen-bond acceptors (Lipinski definition) is 4. The number of carboxylic acids is 2.